The van der Waals surface area contributed by atoms with Crippen LogP contribution in [-0.4, -0.2) is 57.6 Å². The molecule has 0 fully saturated rings. The van der Waals surface area contributed by atoms with E-state index in [4.69, 9.17) is 0 Å². The predicted molar refractivity (Wildman–Crippen MR) is 67.3 cm³/mol. The van der Waals surface area contributed by atoms with Gasteiger partial charge in [-0.05, 0) is 6.92 Å². The molecule has 0 bridgehead atoms. The quantitative estimate of drug-likeness (QED) is 0.276. The molecule has 0 aliphatic rings. The SMILES string of the molecule is CCOC(=O)/C(=C\N(S(C)(=O)=O)S(C)(=O)=O)C(=O)C(F)(F)F. The van der Waals surface area contributed by atoms with Crippen molar-refractivity contribution in [3.8, 4) is 0 Å². The lowest BCUT2D eigenvalue weighted by atomic mass is 10.2. The van der Waals surface area contributed by atoms with Crippen LogP contribution < -0.4 is 0 Å². The normalized spacial score (nSPS) is 13.6. The van der Waals surface area contributed by atoms with E-state index < -0.39 is 53.9 Å². The van der Waals surface area contributed by atoms with E-state index in [1.807, 2.05) is 0 Å². The Morgan fingerprint density at radius 1 is 1.09 bits per heavy atom. The lowest BCUT2D eigenvalue weighted by Crippen LogP contribution is -2.35. The van der Waals surface area contributed by atoms with Crippen LogP contribution in [0, 0.1) is 0 Å². The second kappa shape index (κ2) is 6.64. The van der Waals surface area contributed by atoms with Crippen molar-refractivity contribution in [3.05, 3.63) is 11.8 Å². The summed E-state index contributed by atoms with van der Waals surface area (Å²) in [5, 5.41) is 0. The molecule has 0 aliphatic carbocycles. The highest BCUT2D eigenvalue weighted by Crippen LogP contribution is 2.23. The molecule has 8 nitrogen and oxygen atoms in total. The Balaban J connectivity index is 6.29. The van der Waals surface area contributed by atoms with Crippen LogP contribution in [0.15, 0.2) is 11.8 Å². The summed E-state index contributed by atoms with van der Waals surface area (Å²) in [5.41, 5.74) is -1.77. The fourth-order valence-electron chi connectivity index (χ4n) is 1.11. The summed E-state index contributed by atoms with van der Waals surface area (Å²) in [6.07, 6.45) is -5.02. The van der Waals surface area contributed by atoms with Gasteiger partial charge in [0.1, 0.15) is 5.57 Å². The molecule has 13 heteroatoms. The Morgan fingerprint density at radius 2 is 1.50 bits per heavy atom. The van der Waals surface area contributed by atoms with Gasteiger partial charge in [0.2, 0.25) is 20.0 Å². The molecular weight excluding hydrogens is 355 g/mol. The molecule has 0 aromatic heterocycles. The van der Waals surface area contributed by atoms with Crippen molar-refractivity contribution in [2.45, 2.75) is 13.1 Å². The first-order valence-electron chi connectivity index (χ1n) is 5.32. The van der Waals surface area contributed by atoms with Gasteiger partial charge in [-0.3, -0.25) is 4.79 Å². The third-order valence-electron chi connectivity index (χ3n) is 1.89. The van der Waals surface area contributed by atoms with Crippen LogP contribution in [0.1, 0.15) is 6.92 Å². The van der Waals surface area contributed by atoms with Gasteiger partial charge in [0, 0.05) is 0 Å². The van der Waals surface area contributed by atoms with Crippen molar-refractivity contribution in [3.63, 3.8) is 0 Å². The zero-order chi connectivity index (χ0) is 17.9. The topological polar surface area (TPSA) is 115 Å². The van der Waals surface area contributed by atoms with E-state index in [-0.39, 0.29) is 6.20 Å². The van der Waals surface area contributed by atoms with Crippen molar-refractivity contribution in [1.82, 2.24) is 3.71 Å². The van der Waals surface area contributed by atoms with Gasteiger partial charge in [0.25, 0.3) is 5.78 Å². The molecule has 0 amide bonds. The molecule has 128 valence electrons. The molecule has 0 aromatic rings. The van der Waals surface area contributed by atoms with E-state index in [1.54, 1.807) is 0 Å². The smallest absolute Gasteiger partial charge is 0.455 e. The van der Waals surface area contributed by atoms with Crippen molar-refractivity contribution in [2.24, 2.45) is 0 Å². The number of halogens is 3. The Bertz CT molecular complexity index is 659. The number of hydrogen-bond acceptors (Lipinski definition) is 7. The molecule has 0 N–H and O–H groups in total. The lowest BCUT2D eigenvalue weighted by Gasteiger charge is -2.17. The number of hydrogen-bond donors (Lipinski definition) is 0. The van der Waals surface area contributed by atoms with Gasteiger partial charge in [0.05, 0.1) is 25.3 Å². The van der Waals surface area contributed by atoms with Crippen LogP contribution in [0.25, 0.3) is 0 Å². The van der Waals surface area contributed by atoms with E-state index in [9.17, 15) is 39.6 Å². The van der Waals surface area contributed by atoms with E-state index in [1.165, 1.54) is 6.92 Å². The van der Waals surface area contributed by atoms with Gasteiger partial charge >= 0.3 is 12.1 Å². The van der Waals surface area contributed by atoms with Crippen LogP contribution in [0.4, 0.5) is 13.2 Å². The zero-order valence-corrected chi connectivity index (χ0v) is 13.2. The van der Waals surface area contributed by atoms with Crippen LogP contribution in [0.3, 0.4) is 0 Å². The molecule has 0 atom stereocenters. The Morgan fingerprint density at radius 3 is 1.77 bits per heavy atom. The van der Waals surface area contributed by atoms with Gasteiger partial charge in [-0.2, -0.15) is 16.9 Å². The maximum absolute atomic E-state index is 12.4. The Labute approximate surface area is 124 Å². The number of carbonyl (C=O) groups excluding carboxylic acids is 2. The number of alkyl halides is 3. The summed E-state index contributed by atoms with van der Waals surface area (Å²) in [7, 11) is -9.21. The van der Waals surface area contributed by atoms with Crippen LogP contribution >= 0.6 is 0 Å². The lowest BCUT2D eigenvalue weighted by molar-refractivity contribution is -0.168. The molecule has 0 heterocycles. The second-order valence-electron chi connectivity index (χ2n) is 3.84. The van der Waals surface area contributed by atoms with Crippen LogP contribution in [-0.2, 0) is 34.4 Å². The number of ether oxygens (including phenoxy) is 1. The number of esters is 1. The van der Waals surface area contributed by atoms with Crippen LogP contribution in [0.5, 0.6) is 0 Å². The number of Topliss-reactive ketones (excluding diaryl/α,β-unsaturated/α-hetero) is 1. The number of ketones is 1. The van der Waals surface area contributed by atoms with Gasteiger partial charge in [-0.1, -0.05) is 0 Å². The zero-order valence-electron chi connectivity index (χ0n) is 11.5. The minimum atomic E-state index is -5.53. The molecule has 22 heavy (non-hydrogen) atoms. The van der Waals surface area contributed by atoms with Crippen molar-refractivity contribution < 1.29 is 44.3 Å². The summed E-state index contributed by atoms with van der Waals surface area (Å²) in [6.45, 7) is 0.803. The number of nitrogens with zero attached hydrogens (tertiary/aromatic N) is 1. The molecule has 0 aliphatic heterocycles. The van der Waals surface area contributed by atoms with E-state index >= 15 is 0 Å². The van der Waals surface area contributed by atoms with Gasteiger partial charge in [-0.15, -0.1) is 0 Å². The summed E-state index contributed by atoms with van der Waals surface area (Å²) < 4.78 is 86.3. The highest BCUT2D eigenvalue weighted by atomic mass is 32.3. The Kier molecular flexibility index (Phi) is 6.15. The van der Waals surface area contributed by atoms with Gasteiger partial charge in [-0.25, -0.2) is 21.6 Å². The van der Waals surface area contributed by atoms with E-state index in [0.29, 0.717) is 12.5 Å². The van der Waals surface area contributed by atoms with Crippen LogP contribution in [0.2, 0.25) is 0 Å². The monoisotopic (exact) mass is 367 g/mol. The highest BCUT2D eigenvalue weighted by Gasteiger charge is 2.44. The van der Waals surface area contributed by atoms with Gasteiger partial charge < -0.3 is 4.74 Å². The average molecular weight is 367 g/mol. The number of rotatable bonds is 6. The first-order valence-corrected chi connectivity index (χ1v) is 9.02. The number of sulfonamides is 2. The van der Waals surface area contributed by atoms with Crippen molar-refractivity contribution in [2.75, 3.05) is 19.1 Å². The minimum absolute atomic E-state index is 0.224. The molecule has 0 spiro atoms. The summed E-state index contributed by atoms with van der Waals surface area (Å²) >= 11 is 0. The third-order valence-corrected chi connectivity index (χ3v) is 5.03. The first kappa shape index (κ1) is 20.4. The average Bonchev–Trinajstić information content (AvgIpc) is 2.24. The summed E-state index contributed by atoms with van der Waals surface area (Å²) in [6, 6.07) is 0. The highest BCUT2D eigenvalue weighted by molar-refractivity contribution is 8.03. The third kappa shape index (κ3) is 5.63. The van der Waals surface area contributed by atoms with E-state index in [0.717, 1.165) is 0 Å². The first-order chi connectivity index (χ1) is 9.62. The maximum Gasteiger partial charge on any atom is 0.455 e. The Hall–Kier alpha value is -1.63. The second-order valence-corrected chi connectivity index (χ2v) is 7.79. The summed E-state index contributed by atoms with van der Waals surface area (Å²) in [5.74, 6) is -4.54. The largest absolute Gasteiger partial charge is 0.462 e. The minimum Gasteiger partial charge on any atom is -0.462 e. The fourth-order valence-corrected chi connectivity index (χ4v) is 3.67. The predicted octanol–water partition coefficient (Wildman–Crippen LogP) is -0.214. The molecular formula is C9H12F3NO7S2. The maximum atomic E-state index is 12.4. The molecule has 0 rings (SSSR count). The van der Waals surface area contributed by atoms with E-state index in [2.05, 4.69) is 4.74 Å². The summed E-state index contributed by atoms with van der Waals surface area (Å²) in [4.78, 5) is 22.6. The molecule has 0 saturated carbocycles. The molecule has 0 saturated heterocycles. The molecule has 0 unspecified atom stereocenters. The fraction of sp³-hybridized carbons (Fsp3) is 0.556. The molecule has 0 aromatic carbocycles. The number of carbonyl (C=O) groups is 2. The van der Waals surface area contributed by atoms with Gasteiger partial charge in [0.15, 0.2) is 0 Å². The van der Waals surface area contributed by atoms with Crippen molar-refractivity contribution in [1.29, 1.82) is 0 Å². The molecule has 0 radical (unpaired) electrons. The van der Waals surface area contributed by atoms with Crippen molar-refractivity contribution >= 4 is 31.8 Å². The standard InChI is InChI=1S/C9H12F3NO7S2/c1-4-20-8(15)6(7(14)9(10,11)12)5-13(21(2,16)17)22(3,18)19/h5H,4H2,1-3H3/b6-5-.